The van der Waals surface area contributed by atoms with Crippen LogP contribution in [0.2, 0.25) is 0 Å². The summed E-state index contributed by atoms with van der Waals surface area (Å²) in [6.07, 6.45) is 0.323. The molecule has 2 aliphatic rings. The third-order valence-corrected chi connectivity index (χ3v) is 7.33. The van der Waals surface area contributed by atoms with Gasteiger partial charge in [0.15, 0.2) is 0 Å². The van der Waals surface area contributed by atoms with Gasteiger partial charge in [0.05, 0.1) is 32.6 Å². The third-order valence-electron chi connectivity index (χ3n) is 7.33. The van der Waals surface area contributed by atoms with Crippen LogP contribution in [0.4, 0.5) is 10.5 Å². The number of amides is 3. The maximum absolute atomic E-state index is 14.2. The molecule has 0 aliphatic carbocycles. The van der Waals surface area contributed by atoms with Crippen LogP contribution in [0.25, 0.3) is 10.9 Å². The summed E-state index contributed by atoms with van der Waals surface area (Å²) in [6.45, 7) is 0. The second-order valence-electron chi connectivity index (χ2n) is 9.17. The molecule has 9 nitrogen and oxygen atoms in total. The zero-order valence-electron chi connectivity index (χ0n) is 21.1. The Morgan fingerprint density at radius 1 is 0.947 bits per heavy atom. The van der Waals surface area contributed by atoms with Gasteiger partial charge in [0.25, 0.3) is 5.91 Å². The van der Waals surface area contributed by atoms with Crippen molar-refractivity contribution in [3.05, 3.63) is 89.1 Å². The van der Waals surface area contributed by atoms with Crippen molar-refractivity contribution in [2.24, 2.45) is 0 Å². The van der Waals surface area contributed by atoms with Crippen LogP contribution in [0.1, 0.15) is 33.2 Å². The highest BCUT2D eigenvalue weighted by Crippen LogP contribution is 2.47. The van der Waals surface area contributed by atoms with Gasteiger partial charge in [-0.3, -0.25) is 9.69 Å². The van der Waals surface area contributed by atoms with Crippen LogP contribution >= 0.6 is 0 Å². The number of hydrogen-bond donors (Lipinski definition) is 1. The summed E-state index contributed by atoms with van der Waals surface area (Å²) in [7, 11) is 4.39. The Bertz CT molecular complexity index is 1610. The van der Waals surface area contributed by atoms with Gasteiger partial charge in [0.2, 0.25) is 0 Å². The van der Waals surface area contributed by atoms with E-state index in [1.807, 2.05) is 30.3 Å². The fourth-order valence-electron chi connectivity index (χ4n) is 5.63. The number of nitrogens with zero attached hydrogens (tertiary/aromatic N) is 2. The molecule has 2 atom stereocenters. The molecule has 0 bridgehead atoms. The van der Waals surface area contributed by atoms with Crippen molar-refractivity contribution in [3.63, 3.8) is 0 Å². The Labute approximate surface area is 218 Å². The number of carbonyl (C=O) groups excluding carboxylic acids is 3. The number of methoxy groups -OCH3 is 3. The summed E-state index contributed by atoms with van der Waals surface area (Å²) in [5.41, 5.74) is 3.68. The van der Waals surface area contributed by atoms with E-state index in [1.165, 1.54) is 13.2 Å². The summed E-state index contributed by atoms with van der Waals surface area (Å²) < 4.78 is 16.1. The molecule has 38 heavy (non-hydrogen) atoms. The molecule has 2 unspecified atom stereocenters. The molecular weight excluding hydrogens is 486 g/mol. The lowest BCUT2D eigenvalue weighted by Gasteiger charge is -2.36. The number of carbonyl (C=O) groups is 3. The number of aromatic nitrogens is 1. The number of aromatic amines is 1. The smallest absolute Gasteiger partial charge is 0.339 e. The zero-order chi connectivity index (χ0) is 26.6. The van der Waals surface area contributed by atoms with Gasteiger partial charge in [-0.15, -0.1) is 0 Å². The molecule has 0 spiro atoms. The number of anilines is 1. The molecule has 192 valence electrons. The van der Waals surface area contributed by atoms with Gasteiger partial charge in [-0.1, -0.05) is 30.3 Å². The van der Waals surface area contributed by atoms with Crippen LogP contribution in [0.3, 0.4) is 0 Å². The molecule has 0 radical (unpaired) electrons. The predicted molar refractivity (Wildman–Crippen MR) is 140 cm³/mol. The summed E-state index contributed by atoms with van der Waals surface area (Å²) in [4.78, 5) is 46.8. The Hall–Kier alpha value is -4.79. The van der Waals surface area contributed by atoms with Crippen molar-refractivity contribution in [2.75, 3.05) is 26.2 Å². The van der Waals surface area contributed by atoms with Crippen LogP contribution in [-0.2, 0) is 16.0 Å². The van der Waals surface area contributed by atoms with Gasteiger partial charge in [-0.05, 0) is 42.0 Å². The first-order chi connectivity index (χ1) is 18.5. The van der Waals surface area contributed by atoms with E-state index in [0.29, 0.717) is 23.5 Å². The van der Waals surface area contributed by atoms with E-state index in [-0.39, 0.29) is 11.3 Å². The second-order valence-corrected chi connectivity index (χ2v) is 9.17. The predicted octanol–water partition coefficient (Wildman–Crippen LogP) is 4.45. The number of esters is 1. The average Bonchev–Trinajstić information content (AvgIpc) is 3.45. The molecule has 3 aromatic carbocycles. The van der Waals surface area contributed by atoms with Crippen molar-refractivity contribution >= 4 is 34.5 Å². The van der Waals surface area contributed by atoms with Crippen LogP contribution in [0, 0.1) is 0 Å². The highest BCUT2D eigenvalue weighted by atomic mass is 16.5. The molecule has 1 N–H and O–H groups in total. The van der Waals surface area contributed by atoms with E-state index >= 15 is 0 Å². The number of H-pyrrole nitrogens is 1. The monoisotopic (exact) mass is 511 g/mol. The highest BCUT2D eigenvalue weighted by molar-refractivity contribution is 6.23. The van der Waals surface area contributed by atoms with Crippen LogP contribution in [0.5, 0.6) is 11.5 Å². The lowest BCUT2D eigenvalue weighted by molar-refractivity contribution is -0.120. The molecule has 4 aromatic rings. The first kappa shape index (κ1) is 23.6. The number of fused-ring (bicyclic) bond motifs is 4. The van der Waals surface area contributed by atoms with E-state index in [9.17, 15) is 14.4 Å². The quantitative estimate of drug-likeness (QED) is 0.314. The molecular formula is C29H25N3O6. The molecule has 9 heteroatoms. The van der Waals surface area contributed by atoms with Crippen molar-refractivity contribution < 1.29 is 28.6 Å². The van der Waals surface area contributed by atoms with Crippen molar-refractivity contribution in [1.29, 1.82) is 0 Å². The first-order valence-corrected chi connectivity index (χ1v) is 12.1. The summed E-state index contributed by atoms with van der Waals surface area (Å²) in [5, 5.41) is 0.989. The fourth-order valence-corrected chi connectivity index (χ4v) is 5.63. The van der Waals surface area contributed by atoms with Crippen LogP contribution < -0.4 is 14.4 Å². The van der Waals surface area contributed by atoms with E-state index in [0.717, 1.165) is 27.1 Å². The zero-order valence-corrected chi connectivity index (χ0v) is 21.1. The van der Waals surface area contributed by atoms with Gasteiger partial charge in [-0.2, -0.15) is 0 Å². The Balaban J connectivity index is 1.58. The SMILES string of the molecule is COC(=O)c1ccccc1N1C(=O)C2Cc3c([nH]c4ccccc34)C(c3cc(OC)ccc3OC)N2C1=O. The number of nitrogens with one attached hydrogen (secondary N) is 1. The summed E-state index contributed by atoms with van der Waals surface area (Å²) in [6, 6.07) is 17.7. The van der Waals surface area contributed by atoms with Crippen LogP contribution in [-0.4, -0.2) is 55.2 Å². The Morgan fingerprint density at radius 2 is 1.71 bits per heavy atom. The minimum absolute atomic E-state index is 0.135. The lowest BCUT2D eigenvalue weighted by Crippen LogP contribution is -2.44. The lowest BCUT2D eigenvalue weighted by atomic mass is 9.88. The normalized spacial score (nSPS) is 18.4. The minimum Gasteiger partial charge on any atom is -0.497 e. The number of urea groups is 1. The first-order valence-electron chi connectivity index (χ1n) is 12.1. The van der Waals surface area contributed by atoms with Gasteiger partial charge in [-0.25, -0.2) is 14.5 Å². The van der Waals surface area contributed by atoms with Gasteiger partial charge < -0.3 is 19.2 Å². The molecule has 1 saturated heterocycles. The molecule has 1 aromatic heterocycles. The van der Waals surface area contributed by atoms with Crippen molar-refractivity contribution in [2.45, 2.75) is 18.5 Å². The molecule has 6 rings (SSSR count). The minimum atomic E-state index is -0.791. The van der Waals surface area contributed by atoms with E-state index in [1.54, 1.807) is 49.5 Å². The third kappa shape index (κ3) is 3.35. The number of rotatable bonds is 5. The largest absolute Gasteiger partial charge is 0.497 e. The topological polar surface area (TPSA) is 101 Å². The average molecular weight is 512 g/mol. The molecule has 3 heterocycles. The molecule has 3 amide bonds. The van der Waals surface area contributed by atoms with E-state index in [4.69, 9.17) is 14.2 Å². The number of benzene rings is 3. The molecule has 0 saturated carbocycles. The molecule has 2 aliphatic heterocycles. The number of imide groups is 1. The number of hydrogen-bond acceptors (Lipinski definition) is 6. The summed E-state index contributed by atoms with van der Waals surface area (Å²) in [5.74, 6) is 0.101. The molecule has 1 fully saturated rings. The highest BCUT2D eigenvalue weighted by Gasteiger charge is 2.54. The maximum Gasteiger partial charge on any atom is 0.339 e. The Kier molecular flexibility index (Phi) is 5.56. The number of ether oxygens (including phenoxy) is 3. The van der Waals surface area contributed by atoms with Crippen LogP contribution in [0.15, 0.2) is 66.7 Å². The van der Waals surface area contributed by atoms with Crippen molar-refractivity contribution in [3.8, 4) is 11.5 Å². The number of para-hydroxylation sites is 2. The fraction of sp³-hybridized carbons (Fsp3) is 0.207. The van der Waals surface area contributed by atoms with Gasteiger partial charge >= 0.3 is 12.0 Å². The van der Waals surface area contributed by atoms with E-state index in [2.05, 4.69) is 4.98 Å². The standard InChI is InChI=1S/C29H25N3O6/c1-36-16-12-13-24(37-2)20(14-16)26-25-19(17-8-4-6-10-21(17)30-25)15-23-27(33)32(29(35)31(23)26)22-11-7-5-9-18(22)28(34)38-3/h4-14,23,26,30H,15H2,1-3H3. The van der Waals surface area contributed by atoms with Crippen molar-refractivity contribution in [1.82, 2.24) is 9.88 Å². The Morgan fingerprint density at radius 3 is 2.47 bits per heavy atom. The second kappa shape index (κ2) is 8.95. The maximum atomic E-state index is 14.2. The van der Waals surface area contributed by atoms with E-state index < -0.39 is 30.0 Å². The van der Waals surface area contributed by atoms with Gasteiger partial charge in [0, 0.05) is 28.6 Å². The van der Waals surface area contributed by atoms with Gasteiger partial charge in [0.1, 0.15) is 23.6 Å². The summed E-state index contributed by atoms with van der Waals surface area (Å²) >= 11 is 0.